The first kappa shape index (κ1) is 25.9. The maximum atomic E-state index is 9.99. The monoisotopic (exact) mass is 369 g/mol. The molecule has 0 aliphatic heterocycles. The molecular formula is C24H49O2. The first-order chi connectivity index (χ1) is 12.8. The van der Waals surface area contributed by atoms with Gasteiger partial charge in [-0.3, -0.25) is 0 Å². The highest BCUT2D eigenvalue weighted by Gasteiger charge is 2.05. The van der Waals surface area contributed by atoms with Crippen molar-refractivity contribution in [1.82, 2.24) is 0 Å². The van der Waals surface area contributed by atoms with Crippen LogP contribution < -0.4 is 0 Å². The predicted octanol–water partition coefficient (Wildman–Crippen LogP) is 8.10. The maximum absolute atomic E-state index is 9.99. The zero-order valence-electron chi connectivity index (χ0n) is 18.0. The molecule has 0 spiro atoms. The van der Waals surface area contributed by atoms with Crippen LogP contribution in [0.3, 0.4) is 0 Å². The number of aliphatic hydroxyl groups excluding tert-OH is 2. The molecule has 0 fully saturated rings. The van der Waals surface area contributed by atoms with E-state index in [4.69, 9.17) is 5.11 Å². The first-order valence-corrected chi connectivity index (χ1v) is 12.0. The number of unbranched alkanes of at least 4 members (excludes halogenated alkanes) is 17. The van der Waals surface area contributed by atoms with Crippen molar-refractivity contribution in [2.24, 2.45) is 0 Å². The van der Waals surface area contributed by atoms with E-state index >= 15 is 0 Å². The van der Waals surface area contributed by atoms with Crippen LogP contribution in [0.1, 0.15) is 142 Å². The van der Waals surface area contributed by atoms with E-state index in [1.54, 1.807) is 0 Å². The fourth-order valence-electron chi connectivity index (χ4n) is 3.62. The van der Waals surface area contributed by atoms with E-state index in [-0.39, 0.29) is 0 Å². The molecule has 157 valence electrons. The fourth-order valence-corrected chi connectivity index (χ4v) is 3.62. The number of rotatable bonds is 22. The molecule has 2 heteroatoms. The molecule has 0 rings (SSSR count). The smallest absolute Gasteiger partial charge is 0.0933 e. The molecule has 0 aromatic heterocycles. The standard InChI is InChI=1S/C24H49O2/c1-2-3-4-5-6-7-9-12-15-18-21-24(26)22-19-16-13-10-8-11-14-17-20-23-25/h25-26H,2-23H2,1H3. The van der Waals surface area contributed by atoms with Crippen LogP contribution in [0.5, 0.6) is 0 Å². The Morgan fingerprint density at radius 1 is 0.462 bits per heavy atom. The van der Waals surface area contributed by atoms with Gasteiger partial charge in [0.25, 0.3) is 0 Å². The van der Waals surface area contributed by atoms with Gasteiger partial charge in [0.15, 0.2) is 0 Å². The second-order valence-electron chi connectivity index (χ2n) is 8.15. The molecule has 0 aliphatic carbocycles. The van der Waals surface area contributed by atoms with Gasteiger partial charge in [-0.05, 0) is 19.3 Å². The Hall–Kier alpha value is -0.0800. The summed E-state index contributed by atoms with van der Waals surface area (Å²) in [7, 11) is 0. The minimum absolute atomic E-state index is 0.346. The molecule has 0 saturated carbocycles. The fraction of sp³-hybridized carbons (Fsp3) is 0.958. The van der Waals surface area contributed by atoms with E-state index in [0.29, 0.717) is 6.61 Å². The van der Waals surface area contributed by atoms with Crippen LogP contribution >= 0.6 is 0 Å². The molecule has 0 aromatic rings. The van der Waals surface area contributed by atoms with Gasteiger partial charge in [-0.2, -0.15) is 0 Å². The Kier molecular flexibility index (Phi) is 22.9. The summed E-state index contributed by atoms with van der Waals surface area (Å²) in [5.41, 5.74) is 0. The van der Waals surface area contributed by atoms with Crippen LogP contribution in [-0.2, 0) is 0 Å². The van der Waals surface area contributed by atoms with E-state index in [9.17, 15) is 5.11 Å². The van der Waals surface area contributed by atoms with E-state index in [1.165, 1.54) is 109 Å². The zero-order valence-corrected chi connectivity index (χ0v) is 18.0. The van der Waals surface area contributed by atoms with Crippen molar-refractivity contribution in [3.8, 4) is 0 Å². The molecule has 0 unspecified atom stereocenters. The Balaban J connectivity index is 3.12. The van der Waals surface area contributed by atoms with Crippen molar-refractivity contribution in [3.05, 3.63) is 6.10 Å². The molecule has 0 amide bonds. The summed E-state index contributed by atoms with van der Waals surface area (Å²) >= 11 is 0. The van der Waals surface area contributed by atoms with E-state index in [2.05, 4.69) is 6.92 Å². The number of hydrogen-bond donors (Lipinski definition) is 2. The average molecular weight is 370 g/mol. The van der Waals surface area contributed by atoms with Gasteiger partial charge in [-0.15, -0.1) is 0 Å². The minimum Gasteiger partial charge on any atom is -0.396 e. The molecule has 1 radical (unpaired) electrons. The Morgan fingerprint density at radius 3 is 1.12 bits per heavy atom. The Bertz CT molecular complexity index is 218. The lowest BCUT2D eigenvalue weighted by atomic mass is 10.0. The first-order valence-electron chi connectivity index (χ1n) is 12.0. The highest BCUT2D eigenvalue weighted by Crippen LogP contribution is 2.19. The second-order valence-corrected chi connectivity index (χ2v) is 8.15. The van der Waals surface area contributed by atoms with Crippen molar-refractivity contribution in [2.75, 3.05) is 6.61 Å². The van der Waals surface area contributed by atoms with Gasteiger partial charge < -0.3 is 10.2 Å². The van der Waals surface area contributed by atoms with Crippen LogP contribution in [-0.4, -0.2) is 16.8 Å². The van der Waals surface area contributed by atoms with Gasteiger partial charge >= 0.3 is 0 Å². The largest absolute Gasteiger partial charge is 0.396 e. The maximum Gasteiger partial charge on any atom is 0.0933 e. The highest BCUT2D eigenvalue weighted by molar-refractivity contribution is 4.74. The zero-order chi connectivity index (χ0) is 19.1. The van der Waals surface area contributed by atoms with Crippen molar-refractivity contribution in [3.63, 3.8) is 0 Å². The third-order valence-corrected chi connectivity index (χ3v) is 5.44. The summed E-state index contributed by atoms with van der Waals surface area (Å²) in [5, 5.41) is 18.7. The third-order valence-electron chi connectivity index (χ3n) is 5.44. The minimum atomic E-state index is 0.346. The molecule has 0 aromatic carbocycles. The SMILES string of the molecule is CCCCCCCCCCCC[C](O)CCCCCCCCCCCO. The number of hydrogen-bond acceptors (Lipinski definition) is 2. The predicted molar refractivity (Wildman–Crippen MR) is 115 cm³/mol. The molecule has 0 atom stereocenters. The lowest BCUT2D eigenvalue weighted by molar-refractivity contribution is 0.257. The van der Waals surface area contributed by atoms with Gasteiger partial charge in [-0.1, -0.05) is 122 Å². The van der Waals surface area contributed by atoms with Gasteiger partial charge in [-0.25, -0.2) is 0 Å². The average Bonchev–Trinajstić information content (AvgIpc) is 2.64. The Morgan fingerprint density at radius 2 is 0.769 bits per heavy atom. The molecular weight excluding hydrogens is 320 g/mol. The normalized spacial score (nSPS) is 11.5. The molecule has 26 heavy (non-hydrogen) atoms. The third kappa shape index (κ3) is 22.0. The van der Waals surface area contributed by atoms with E-state index in [1.807, 2.05) is 0 Å². The van der Waals surface area contributed by atoms with Gasteiger partial charge in [0.2, 0.25) is 0 Å². The van der Waals surface area contributed by atoms with Crippen LogP contribution in [0.25, 0.3) is 0 Å². The summed E-state index contributed by atoms with van der Waals surface area (Å²) < 4.78 is 0. The highest BCUT2D eigenvalue weighted by atomic mass is 16.3. The Labute approximate surface area is 165 Å². The summed E-state index contributed by atoms with van der Waals surface area (Å²) in [4.78, 5) is 0. The summed E-state index contributed by atoms with van der Waals surface area (Å²) in [6.45, 7) is 2.62. The lowest BCUT2D eigenvalue weighted by Crippen LogP contribution is -1.96. The summed E-state index contributed by atoms with van der Waals surface area (Å²) in [6.07, 6.45) is 27.3. The van der Waals surface area contributed by atoms with Crippen molar-refractivity contribution in [1.29, 1.82) is 0 Å². The molecule has 2 N–H and O–H groups in total. The molecule has 0 heterocycles. The molecule has 0 aliphatic rings. The van der Waals surface area contributed by atoms with Crippen LogP contribution in [0, 0.1) is 6.10 Å². The van der Waals surface area contributed by atoms with Gasteiger partial charge in [0.05, 0.1) is 6.10 Å². The van der Waals surface area contributed by atoms with Crippen molar-refractivity contribution in [2.45, 2.75) is 142 Å². The van der Waals surface area contributed by atoms with Crippen molar-refractivity contribution < 1.29 is 10.2 Å². The van der Waals surface area contributed by atoms with E-state index in [0.717, 1.165) is 31.8 Å². The topological polar surface area (TPSA) is 40.5 Å². The van der Waals surface area contributed by atoms with Crippen LogP contribution in [0.15, 0.2) is 0 Å². The van der Waals surface area contributed by atoms with Crippen LogP contribution in [0.2, 0.25) is 0 Å². The van der Waals surface area contributed by atoms with Gasteiger partial charge in [0.1, 0.15) is 0 Å². The van der Waals surface area contributed by atoms with Crippen molar-refractivity contribution >= 4 is 0 Å². The summed E-state index contributed by atoms with van der Waals surface area (Å²) in [6, 6.07) is 0. The quantitative estimate of drug-likeness (QED) is 0.189. The summed E-state index contributed by atoms with van der Waals surface area (Å²) in [5.74, 6) is 0. The molecule has 0 saturated heterocycles. The van der Waals surface area contributed by atoms with Gasteiger partial charge in [0, 0.05) is 6.61 Å². The van der Waals surface area contributed by atoms with E-state index < -0.39 is 0 Å². The molecule has 2 nitrogen and oxygen atoms in total. The number of aliphatic hydroxyl groups is 2. The van der Waals surface area contributed by atoms with Crippen LogP contribution in [0.4, 0.5) is 0 Å². The lowest BCUT2D eigenvalue weighted by Gasteiger charge is -2.09. The second kappa shape index (κ2) is 23.0. The molecule has 0 bridgehead atoms.